The van der Waals surface area contributed by atoms with Crippen molar-refractivity contribution in [3.63, 3.8) is 0 Å². The lowest BCUT2D eigenvalue weighted by molar-refractivity contribution is -0.143. The third-order valence-corrected chi connectivity index (χ3v) is 9.85. The van der Waals surface area contributed by atoms with Gasteiger partial charge >= 0.3 is 0 Å². The summed E-state index contributed by atoms with van der Waals surface area (Å²) in [5, 5.41) is 14.6. The van der Waals surface area contributed by atoms with Gasteiger partial charge in [-0.1, -0.05) is 30.3 Å². The second-order valence-electron chi connectivity index (χ2n) is 11.9. The minimum Gasteiger partial charge on any atom is -0.483 e. The van der Waals surface area contributed by atoms with E-state index < -0.39 is 40.4 Å². The highest BCUT2D eigenvalue weighted by Gasteiger charge is 2.34. The molecule has 0 radical (unpaired) electrons. The molecule has 0 spiro atoms. The maximum atomic E-state index is 13.7. The number of amides is 3. The summed E-state index contributed by atoms with van der Waals surface area (Å²) < 4.78 is 43.6. The summed E-state index contributed by atoms with van der Waals surface area (Å²) in [5.74, 6) is -0.361. The van der Waals surface area contributed by atoms with Gasteiger partial charge in [0.15, 0.2) is 0 Å². The van der Waals surface area contributed by atoms with E-state index in [1.165, 1.54) is 17.9 Å². The van der Waals surface area contributed by atoms with E-state index in [1.54, 1.807) is 16.5 Å². The number of halogens is 1. The van der Waals surface area contributed by atoms with Crippen molar-refractivity contribution in [3.8, 4) is 0 Å². The highest BCUT2D eigenvalue weighted by atomic mass is 32.2. The van der Waals surface area contributed by atoms with Crippen LogP contribution in [0.1, 0.15) is 60.9 Å². The number of nitrogens with zero attached hydrogens (tertiary/aromatic N) is 5. The minimum absolute atomic E-state index is 0.134. The molecule has 1 fully saturated rings. The lowest BCUT2D eigenvalue weighted by atomic mass is 9.99. The van der Waals surface area contributed by atoms with Crippen LogP contribution in [0.15, 0.2) is 53.4 Å². The van der Waals surface area contributed by atoms with Gasteiger partial charge in [0.2, 0.25) is 27.7 Å². The molecule has 16 heteroatoms. The van der Waals surface area contributed by atoms with Crippen LogP contribution in [0.4, 0.5) is 4.39 Å². The highest BCUT2D eigenvalue weighted by Crippen LogP contribution is 2.23. The van der Waals surface area contributed by atoms with E-state index in [4.69, 9.17) is 9.90 Å². The normalized spacial score (nSPS) is 19.0. The Labute approximate surface area is 284 Å². The SMILES string of the molecule is Cc1nc2n(n1)CCN(C(=O)CNS(=O)(=O)c1ccc(F)c(C)c1)CCCC(=O)N1CCCC[C@H]1C(=O)N[C@@H]2Cc1ccccc1.O=CO. The minimum atomic E-state index is -4.08. The van der Waals surface area contributed by atoms with Crippen molar-refractivity contribution < 1.29 is 37.1 Å². The Bertz CT molecular complexity index is 1740. The zero-order chi connectivity index (χ0) is 35.6. The molecular weight excluding hydrogens is 657 g/mol. The summed E-state index contributed by atoms with van der Waals surface area (Å²) in [4.78, 5) is 56.6. The molecular formula is C33H42FN7O7S. The standard InChI is InChI=1S/C32H40FN7O5S.CH2O2/c1-22-19-25(13-14-26(22)33)46(44,45)34-21-30(42)38-15-8-12-29(41)39-16-7-6-11-28(39)32(43)36-27(20-24-9-4-3-5-10-24)31-35-23(2)37-40(31)18-17-38;2-1-3/h3-5,9-10,13-14,19,27-28,34H,6-8,11-12,15-18,20-21H2,1-2H3,(H,36,43);1H,(H,2,3)/t27-,28+;/m1./s1. The van der Waals surface area contributed by atoms with Crippen LogP contribution in [-0.2, 0) is 42.2 Å². The molecule has 0 saturated carbocycles. The summed E-state index contributed by atoms with van der Waals surface area (Å²) in [7, 11) is -4.08. The largest absolute Gasteiger partial charge is 0.483 e. The molecule has 0 unspecified atom stereocenters. The number of carbonyl (C=O) groups excluding carboxylic acids is 3. The van der Waals surface area contributed by atoms with Crippen LogP contribution in [0, 0.1) is 19.7 Å². The molecule has 3 amide bonds. The Hall–Kier alpha value is -4.70. The van der Waals surface area contributed by atoms with E-state index in [0.29, 0.717) is 37.5 Å². The lowest BCUT2D eigenvalue weighted by Gasteiger charge is -2.36. The molecule has 5 rings (SSSR count). The topological polar surface area (TPSA) is 184 Å². The number of fused-ring (bicyclic) bond motifs is 2. The molecule has 3 heterocycles. The monoisotopic (exact) mass is 699 g/mol. The average Bonchev–Trinajstić information content (AvgIpc) is 3.46. The Kier molecular flexibility index (Phi) is 13.0. The third-order valence-electron chi connectivity index (χ3n) is 8.45. The van der Waals surface area contributed by atoms with Crippen molar-refractivity contribution in [2.24, 2.45) is 0 Å². The van der Waals surface area contributed by atoms with Crippen molar-refractivity contribution in [3.05, 3.63) is 77.1 Å². The molecule has 264 valence electrons. The van der Waals surface area contributed by atoms with E-state index in [-0.39, 0.29) is 54.8 Å². The van der Waals surface area contributed by atoms with Crippen LogP contribution < -0.4 is 10.0 Å². The number of carbonyl (C=O) groups is 4. The predicted molar refractivity (Wildman–Crippen MR) is 176 cm³/mol. The summed E-state index contributed by atoms with van der Waals surface area (Å²) in [6.45, 7) is 3.52. The van der Waals surface area contributed by atoms with Crippen LogP contribution in [0.25, 0.3) is 0 Å². The van der Waals surface area contributed by atoms with E-state index in [1.807, 2.05) is 30.3 Å². The number of benzene rings is 2. The Morgan fingerprint density at radius 1 is 1.06 bits per heavy atom. The highest BCUT2D eigenvalue weighted by molar-refractivity contribution is 7.89. The van der Waals surface area contributed by atoms with Crippen molar-refractivity contribution in [1.29, 1.82) is 0 Å². The van der Waals surface area contributed by atoms with Crippen LogP contribution in [0.5, 0.6) is 0 Å². The Balaban J connectivity index is 0.00000174. The zero-order valence-corrected chi connectivity index (χ0v) is 28.4. The average molecular weight is 700 g/mol. The van der Waals surface area contributed by atoms with Gasteiger partial charge in [0.1, 0.15) is 23.5 Å². The van der Waals surface area contributed by atoms with Gasteiger partial charge in [-0.25, -0.2) is 27.2 Å². The fourth-order valence-corrected chi connectivity index (χ4v) is 7.06. The molecule has 1 aromatic heterocycles. The number of nitrogens with one attached hydrogen (secondary N) is 2. The number of aromatic nitrogens is 3. The number of sulfonamides is 1. The second kappa shape index (κ2) is 17.1. The Morgan fingerprint density at radius 3 is 2.51 bits per heavy atom. The summed E-state index contributed by atoms with van der Waals surface area (Å²) in [6, 6.07) is 12.0. The molecule has 2 atom stereocenters. The molecule has 1 saturated heterocycles. The zero-order valence-electron chi connectivity index (χ0n) is 27.5. The van der Waals surface area contributed by atoms with Gasteiger partial charge in [-0.05, 0) is 75.3 Å². The number of piperidine rings is 1. The number of aryl methyl sites for hydroxylation is 2. The number of hydrogen-bond acceptors (Lipinski definition) is 8. The maximum absolute atomic E-state index is 13.7. The van der Waals surface area contributed by atoms with Gasteiger partial charge in [0, 0.05) is 26.1 Å². The van der Waals surface area contributed by atoms with Gasteiger partial charge < -0.3 is 20.2 Å². The van der Waals surface area contributed by atoms with Crippen LogP contribution in [0.2, 0.25) is 0 Å². The van der Waals surface area contributed by atoms with Gasteiger partial charge in [-0.3, -0.25) is 19.2 Å². The van der Waals surface area contributed by atoms with Crippen molar-refractivity contribution in [2.75, 3.05) is 26.2 Å². The molecule has 2 aliphatic heterocycles. The molecule has 0 aliphatic carbocycles. The first kappa shape index (κ1) is 37.1. The number of hydrogen-bond donors (Lipinski definition) is 3. The van der Waals surface area contributed by atoms with E-state index in [2.05, 4.69) is 20.1 Å². The van der Waals surface area contributed by atoms with Crippen LogP contribution >= 0.6 is 0 Å². The van der Waals surface area contributed by atoms with Gasteiger partial charge in [0.25, 0.3) is 6.47 Å². The van der Waals surface area contributed by atoms with Crippen molar-refractivity contribution in [2.45, 2.75) is 75.9 Å². The predicted octanol–water partition coefficient (Wildman–Crippen LogP) is 2.12. The first-order chi connectivity index (χ1) is 23.4. The molecule has 14 nitrogen and oxygen atoms in total. The first-order valence-corrected chi connectivity index (χ1v) is 17.6. The van der Waals surface area contributed by atoms with E-state index in [9.17, 15) is 27.2 Å². The number of carboxylic acid groups (broad SMARTS) is 1. The van der Waals surface area contributed by atoms with E-state index >= 15 is 0 Å². The van der Waals surface area contributed by atoms with Gasteiger partial charge in [-0.2, -0.15) is 5.10 Å². The molecule has 0 bridgehead atoms. The quantitative estimate of drug-likeness (QED) is 0.325. The molecule has 3 N–H and O–H groups in total. The third kappa shape index (κ3) is 9.92. The summed E-state index contributed by atoms with van der Waals surface area (Å²) in [5.41, 5.74) is 1.16. The fourth-order valence-electron chi connectivity index (χ4n) is 6.00. The molecule has 2 aromatic carbocycles. The Morgan fingerprint density at radius 2 is 1.80 bits per heavy atom. The molecule has 49 heavy (non-hydrogen) atoms. The summed E-state index contributed by atoms with van der Waals surface area (Å²) >= 11 is 0. The van der Waals surface area contributed by atoms with E-state index in [0.717, 1.165) is 30.5 Å². The number of rotatable bonds is 6. The van der Waals surface area contributed by atoms with Crippen LogP contribution in [0.3, 0.4) is 0 Å². The second-order valence-corrected chi connectivity index (χ2v) is 13.7. The lowest BCUT2D eigenvalue weighted by Crippen LogP contribution is -2.53. The smallest absolute Gasteiger partial charge is 0.290 e. The van der Waals surface area contributed by atoms with Crippen LogP contribution in [-0.4, -0.2) is 94.5 Å². The molecule has 2 aliphatic rings. The maximum Gasteiger partial charge on any atom is 0.290 e. The first-order valence-electron chi connectivity index (χ1n) is 16.1. The van der Waals surface area contributed by atoms with Gasteiger partial charge in [-0.15, -0.1) is 0 Å². The molecule has 3 aromatic rings. The van der Waals surface area contributed by atoms with Crippen molar-refractivity contribution in [1.82, 2.24) is 34.6 Å². The fraction of sp³-hybridized carbons (Fsp3) is 0.455. The van der Waals surface area contributed by atoms with Crippen molar-refractivity contribution >= 4 is 34.2 Å². The van der Waals surface area contributed by atoms with Gasteiger partial charge in [0.05, 0.1) is 24.0 Å². The summed E-state index contributed by atoms with van der Waals surface area (Å²) in [6.07, 6.45) is 3.10.